The van der Waals surface area contributed by atoms with Gasteiger partial charge in [0.1, 0.15) is 17.2 Å². The number of ether oxygens (including phenoxy) is 2. The van der Waals surface area contributed by atoms with Gasteiger partial charge < -0.3 is 9.47 Å². The quantitative estimate of drug-likeness (QED) is 0.355. The highest BCUT2D eigenvalue weighted by atomic mass is 79.9. The zero-order valence-electron chi connectivity index (χ0n) is 14.2. The predicted molar refractivity (Wildman–Crippen MR) is 113 cm³/mol. The van der Waals surface area contributed by atoms with Gasteiger partial charge in [-0.15, -0.1) is 0 Å². The van der Waals surface area contributed by atoms with Gasteiger partial charge in [0.25, 0.3) is 0 Å². The lowest BCUT2D eigenvalue weighted by Gasteiger charge is -2.10. The number of halogens is 2. The Morgan fingerprint density at radius 2 is 1.62 bits per heavy atom. The van der Waals surface area contributed by atoms with Crippen molar-refractivity contribution in [1.29, 1.82) is 0 Å². The van der Waals surface area contributed by atoms with E-state index in [1.807, 2.05) is 73.7 Å². The van der Waals surface area contributed by atoms with Crippen LogP contribution in [0.5, 0.6) is 17.2 Å². The van der Waals surface area contributed by atoms with E-state index in [-0.39, 0.29) is 0 Å². The van der Waals surface area contributed by atoms with Crippen LogP contribution in [0.1, 0.15) is 12.5 Å². The van der Waals surface area contributed by atoms with E-state index < -0.39 is 0 Å². The molecule has 0 saturated heterocycles. The van der Waals surface area contributed by atoms with Crippen LogP contribution in [0.25, 0.3) is 0 Å². The molecule has 0 spiro atoms. The normalized spacial score (nSPS) is 10.9. The Morgan fingerprint density at radius 3 is 2.31 bits per heavy atom. The van der Waals surface area contributed by atoms with E-state index in [4.69, 9.17) is 9.47 Å². The highest BCUT2D eigenvalue weighted by molar-refractivity contribution is 9.11. The van der Waals surface area contributed by atoms with Gasteiger partial charge in [-0.05, 0) is 71.4 Å². The standard InChI is InChI=1S/C21H17Br2NO2/c1-2-25-21-15(12-16(22)13-20(21)23)14-24-17-8-10-19(11-9-17)26-18-6-4-3-5-7-18/h3-14H,2H2,1H3. The van der Waals surface area contributed by atoms with Gasteiger partial charge in [0, 0.05) is 16.3 Å². The molecular formula is C21H17Br2NO2. The molecule has 132 valence electrons. The van der Waals surface area contributed by atoms with Gasteiger partial charge in [-0.3, -0.25) is 4.99 Å². The van der Waals surface area contributed by atoms with Crippen molar-refractivity contribution < 1.29 is 9.47 Å². The third-order valence-electron chi connectivity index (χ3n) is 3.49. The molecule has 0 aromatic heterocycles. The smallest absolute Gasteiger partial charge is 0.142 e. The van der Waals surface area contributed by atoms with Crippen LogP contribution < -0.4 is 9.47 Å². The molecule has 0 bridgehead atoms. The maximum atomic E-state index is 5.79. The summed E-state index contributed by atoms with van der Waals surface area (Å²) in [5.41, 5.74) is 1.74. The lowest BCUT2D eigenvalue weighted by Crippen LogP contribution is -1.97. The summed E-state index contributed by atoms with van der Waals surface area (Å²) in [5.74, 6) is 2.36. The summed E-state index contributed by atoms with van der Waals surface area (Å²) in [5, 5.41) is 0. The molecule has 0 fully saturated rings. The zero-order valence-corrected chi connectivity index (χ0v) is 17.3. The monoisotopic (exact) mass is 473 g/mol. The van der Waals surface area contributed by atoms with Gasteiger partial charge in [0.05, 0.1) is 16.8 Å². The minimum atomic E-state index is 0.590. The minimum absolute atomic E-state index is 0.590. The van der Waals surface area contributed by atoms with Crippen LogP contribution in [0.15, 0.2) is 80.7 Å². The van der Waals surface area contributed by atoms with E-state index in [2.05, 4.69) is 36.9 Å². The van der Waals surface area contributed by atoms with Crippen molar-refractivity contribution in [3.63, 3.8) is 0 Å². The van der Waals surface area contributed by atoms with Gasteiger partial charge in [0.15, 0.2) is 0 Å². The van der Waals surface area contributed by atoms with Crippen LogP contribution in [0, 0.1) is 0 Å². The van der Waals surface area contributed by atoms with Crippen molar-refractivity contribution in [2.75, 3.05) is 6.61 Å². The molecule has 0 saturated carbocycles. The third-order valence-corrected chi connectivity index (χ3v) is 4.54. The average Bonchev–Trinajstić information content (AvgIpc) is 2.64. The molecular weight excluding hydrogens is 458 g/mol. The maximum absolute atomic E-state index is 5.79. The minimum Gasteiger partial charge on any atom is -0.492 e. The van der Waals surface area contributed by atoms with E-state index in [1.165, 1.54) is 0 Å². The predicted octanol–water partition coefficient (Wildman–Crippen LogP) is 7.15. The van der Waals surface area contributed by atoms with Crippen LogP contribution in [0.4, 0.5) is 5.69 Å². The Balaban J connectivity index is 1.77. The molecule has 0 aliphatic heterocycles. The van der Waals surface area contributed by atoms with Crippen molar-refractivity contribution in [3.8, 4) is 17.2 Å². The number of nitrogens with zero attached hydrogens (tertiary/aromatic N) is 1. The van der Waals surface area contributed by atoms with Gasteiger partial charge >= 0.3 is 0 Å². The van der Waals surface area contributed by atoms with Crippen LogP contribution in [0.2, 0.25) is 0 Å². The van der Waals surface area contributed by atoms with E-state index in [0.717, 1.165) is 37.4 Å². The fraction of sp³-hybridized carbons (Fsp3) is 0.0952. The summed E-state index contributed by atoms with van der Waals surface area (Å²) in [7, 11) is 0. The Bertz CT molecular complexity index is 894. The second-order valence-corrected chi connectivity index (χ2v) is 7.18. The van der Waals surface area contributed by atoms with Crippen molar-refractivity contribution in [2.24, 2.45) is 4.99 Å². The van der Waals surface area contributed by atoms with Crippen molar-refractivity contribution in [2.45, 2.75) is 6.92 Å². The lowest BCUT2D eigenvalue weighted by atomic mass is 10.2. The van der Waals surface area contributed by atoms with Crippen LogP contribution in [-0.4, -0.2) is 12.8 Å². The van der Waals surface area contributed by atoms with Crippen molar-refractivity contribution in [1.82, 2.24) is 0 Å². The van der Waals surface area contributed by atoms with Gasteiger partial charge in [-0.1, -0.05) is 34.1 Å². The summed E-state index contributed by atoms with van der Waals surface area (Å²) < 4.78 is 13.4. The third kappa shape index (κ3) is 4.96. The van der Waals surface area contributed by atoms with E-state index in [0.29, 0.717) is 6.61 Å². The van der Waals surface area contributed by atoms with E-state index in [9.17, 15) is 0 Å². The first kappa shape index (κ1) is 18.7. The first-order chi connectivity index (χ1) is 12.7. The molecule has 3 aromatic rings. The molecule has 0 unspecified atom stereocenters. The summed E-state index contributed by atoms with van der Waals surface area (Å²) in [4.78, 5) is 4.55. The second-order valence-electron chi connectivity index (χ2n) is 5.41. The molecule has 3 nitrogen and oxygen atoms in total. The Morgan fingerprint density at radius 1 is 0.923 bits per heavy atom. The fourth-order valence-electron chi connectivity index (χ4n) is 2.34. The molecule has 0 aliphatic carbocycles. The molecule has 0 atom stereocenters. The SMILES string of the molecule is CCOc1c(Br)cc(Br)cc1C=Nc1ccc(Oc2ccccc2)cc1. The number of para-hydroxylation sites is 1. The molecule has 3 rings (SSSR count). The molecule has 3 aromatic carbocycles. The number of aliphatic imine (C=N–C) groups is 1. The number of rotatable bonds is 6. The molecule has 0 N–H and O–H groups in total. The zero-order chi connectivity index (χ0) is 18.4. The molecule has 26 heavy (non-hydrogen) atoms. The first-order valence-corrected chi connectivity index (χ1v) is 9.73. The van der Waals surface area contributed by atoms with Crippen molar-refractivity contribution >= 4 is 43.8 Å². The summed E-state index contributed by atoms with van der Waals surface area (Å²) in [6.07, 6.45) is 1.80. The number of hydrogen-bond acceptors (Lipinski definition) is 3. The summed E-state index contributed by atoms with van der Waals surface area (Å²) in [6, 6.07) is 21.3. The topological polar surface area (TPSA) is 30.8 Å². The molecule has 0 radical (unpaired) electrons. The van der Waals surface area contributed by atoms with E-state index >= 15 is 0 Å². The van der Waals surface area contributed by atoms with Crippen LogP contribution in [-0.2, 0) is 0 Å². The molecule has 0 amide bonds. The first-order valence-electron chi connectivity index (χ1n) is 8.14. The Labute approximate surface area is 169 Å². The van der Waals surface area contributed by atoms with Crippen LogP contribution >= 0.6 is 31.9 Å². The summed E-state index contributed by atoms with van der Waals surface area (Å²) >= 11 is 7.03. The maximum Gasteiger partial charge on any atom is 0.142 e. The molecule has 0 aliphatic rings. The van der Waals surface area contributed by atoms with E-state index in [1.54, 1.807) is 6.21 Å². The molecule has 5 heteroatoms. The lowest BCUT2D eigenvalue weighted by molar-refractivity contribution is 0.337. The summed E-state index contributed by atoms with van der Waals surface area (Å²) in [6.45, 7) is 2.55. The highest BCUT2D eigenvalue weighted by Crippen LogP contribution is 2.32. The van der Waals surface area contributed by atoms with Crippen LogP contribution in [0.3, 0.4) is 0 Å². The average molecular weight is 475 g/mol. The largest absolute Gasteiger partial charge is 0.492 e. The van der Waals surface area contributed by atoms with Gasteiger partial charge in [-0.2, -0.15) is 0 Å². The van der Waals surface area contributed by atoms with Gasteiger partial charge in [-0.25, -0.2) is 0 Å². The Hall–Kier alpha value is -2.11. The number of hydrogen-bond donors (Lipinski definition) is 0. The molecule has 0 heterocycles. The Kier molecular flexibility index (Phi) is 6.47. The van der Waals surface area contributed by atoms with Gasteiger partial charge in [0.2, 0.25) is 0 Å². The second kappa shape index (κ2) is 9.01. The van der Waals surface area contributed by atoms with Crippen molar-refractivity contribution in [3.05, 3.63) is 81.2 Å². The fourth-order valence-corrected chi connectivity index (χ4v) is 3.71. The highest BCUT2D eigenvalue weighted by Gasteiger charge is 2.08. The number of benzene rings is 3.